The van der Waals surface area contributed by atoms with Crippen LogP contribution in [0.4, 0.5) is 30.6 Å². The number of nitrogens with zero attached hydrogens (tertiary/aromatic N) is 4. The first kappa shape index (κ1) is 37.1. The van der Waals surface area contributed by atoms with E-state index >= 15 is 0 Å². The maximum Gasteiger partial charge on any atom is 0.421 e. The number of anilines is 3. The number of alkyl halides is 3. The second-order valence-corrected chi connectivity index (χ2v) is 11.6. The molecule has 0 aromatic carbocycles. The number of hydrogen-bond donors (Lipinski definition) is 2. The Hall–Kier alpha value is -2.89. The highest BCUT2D eigenvalue weighted by Gasteiger charge is 2.36. The van der Waals surface area contributed by atoms with Crippen molar-refractivity contribution in [1.29, 1.82) is 0 Å². The summed E-state index contributed by atoms with van der Waals surface area (Å²) < 4.78 is 67.8. The predicted molar refractivity (Wildman–Crippen MR) is 158 cm³/mol. The number of halogens is 3. The van der Waals surface area contributed by atoms with Crippen LogP contribution in [0.5, 0.6) is 0 Å². The fraction of sp³-hybridized carbons (Fsp3) is 0.607. The van der Waals surface area contributed by atoms with E-state index in [4.69, 9.17) is 0 Å². The molecule has 2 aromatic heterocycles. The summed E-state index contributed by atoms with van der Waals surface area (Å²) in [6, 6.07) is 0. The topological polar surface area (TPSA) is 102 Å². The average molecular weight is 589 g/mol. The first-order chi connectivity index (χ1) is 18.6. The molecule has 8 nitrogen and oxygen atoms in total. The molecule has 228 valence electrons. The molecule has 2 N–H and O–H groups in total. The van der Waals surface area contributed by atoms with Gasteiger partial charge in [0, 0.05) is 25.1 Å². The molecule has 1 unspecified atom stereocenters. The van der Waals surface area contributed by atoms with Crippen LogP contribution in [0.15, 0.2) is 40.3 Å². The van der Waals surface area contributed by atoms with Crippen LogP contribution < -0.4 is 10.6 Å². The first-order valence-corrected chi connectivity index (χ1v) is 15.2. The molecular formula is C28H47F3N6O2S. The number of rotatable bonds is 10. The highest BCUT2D eigenvalue weighted by Crippen LogP contribution is 2.36. The molecule has 0 aliphatic heterocycles. The van der Waals surface area contributed by atoms with Crippen molar-refractivity contribution in [3.63, 3.8) is 0 Å². The third kappa shape index (κ3) is 10.3. The minimum Gasteiger partial charge on any atom is -0.336 e. The van der Waals surface area contributed by atoms with Crippen molar-refractivity contribution >= 4 is 27.3 Å². The molecular weight excluding hydrogens is 541 g/mol. The Balaban J connectivity index is 0.00000363. The zero-order chi connectivity index (χ0) is 31.4. The molecule has 0 bridgehead atoms. The summed E-state index contributed by atoms with van der Waals surface area (Å²) in [6.07, 6.45) is 1.21. The van der Waals surface area contributed by atoms with Crippen LogP contribution in [0.2, 0.25) is 0 Å². The fourth-order valence-corrected chi connectivity index (χ4v) is 4.65. The van der Waals surface area contributed by atoms with Gasteiger partial charge in [0.1, 0.15) is 11.4 Å². The Labute approximate surface area is 238 Å². The van der Waals surface area contributed by atoms with Crippen molar-refractivity contribution in [2.75, 3.05) is 10.6 Å². The van der Waals surface area contributed by atoms with E-state index in [2.05, 4.69) is 46.5 Å². The highest BCUT2D eigenvalue weighted by atomic mass is 32.2. The van der Waals surface area contributed by atoms with Gasteiger partial charge in [0.2, 0.25) is 20.8 Å². The van der Waals surface area contributed by atoms with Gasteiger partial charge in [0.05, 0.1) is 10.9 Å². The maximum absolute atomic E-state index is 13.7. The molecule has 0 radical (unpaired) electrons. The number of aromatic nitrogens is 4. The predicted octanol–water partition coefficient (Wildman–Crippen LogP) is 8.30. The zero-order valence-electron chi connectivity index (χ0n) is 25.9. The Morgan fingerprint density at radius 2 is 1.68 bits per heavy atom. The molecule has 40 heavy (non-hydrogen) atoms. The molecule has 0 aliphatic carbocycles. The molecule has 12 heteroatoms. The normalized spacial score (nSPS) is 13.4. The lowest BCUT2D eigenvalue weighted by molar-refractivity contribution is -0.137. The molecule has 0 spiro atoms. The maximum atomic E-state index is 13.7. The summed E-state index contributed by atoms with van der Waals surface area (Å²) in [4.78, 5) is 7.86. The monoisotopic (exact) mass is 588 g/mol. The van der Waals surface area contributed by atoms with Crippen LogP contribution in [-0.4, -0.2) is 33.4 Å². The van der Waals surface area contributed by atoms with Gasteiger partial charge in [-0.05, 0) is 53.0 Å². The first-order valence-electron chi connectivity index (χ1n) is 13.7. The smallest absolute Gasteiger partial charge is 0.336 e. The van der Waals surface area contributed by atoms with Crippen LogP contribution in [0, 0.1) is 5.92 Å². The van der Waals surface area contributed by atoms with Crippen LogP contribution in [0.25, 0.3) is 0 Å². The van der Waals surface area contributed by atoms with E-state index in [1.165, 1.54) is 37.3 Å². The Bertz CT molecular complexity index is 1250. The Kier molecular flexibility index (Phi) is 15.2. The van der Waals surface area contributed by atoms with Gasteiger partial charge in [-0.2, -0.15) is 23.3 Å². The minimum absolute atomic E-state index is 0.0662. The molecule has 0 saturated carbocycles. The van der Waals surface area contributed by atoms with Crippen LogP contribution in [0.3, 0.4) is 0 Å². The molecule has 2 rings (SSSR count). The van der Waals surface area contributed by atoms with E-state index < -0.39 is 32.6 Å². The molecule has 0 amide bonds. The largest absolute Gasteiger partial charge is 0.421 e. The summed E-state index contributed by atoms with van der Waals surface area (Å²) >= 11 is 0. The fourth-order valence-electron chi connectivity index (χ4n) is 3.55. The Morgan fingerprint density at radius 1 is 1.10 bits per heavy atom. The van der Waals surface area contributed by atoms with Crippen molar-refractivity contribution in [2.45, 2.75) is 105 Å². The van der Waals surface area contributed by atoms with E-state index in [0.717, 1.165) is 18.4 Å². The number of sulfone groups is 1. The van der Waals surface area contributed by atoms with Gasteiger partial charge in [-0.1, -0.05) is 59.1 Å². The summed E-state index contributed by atoms with van der Waals surface area (Å²) in [5, 5.41) is 8.24. The third-order valence-corrected chi connectivity index (χ3v) is 7.94. The van der Waals surface area contributed by atoms with Gasteiger partial charge in [-0.3, -0.25) is 4.68 Å². The SMILES string of the molecule is CC.CC.CCCC(C)/C(C)=C(C)/C=C(\C)Nc1ncc(C(F)(F)F)c(Nc2cn(C)nc2S(=O)(=O)C(C)C)n1. The van der Waals surface area contributed by atoms with Gasteiger partial charge in [-0.25, -0.2) is 13.4 Å². The van der Waals surface area contributed by atoms with E-state index in [1.54, 1.807) is 6.92 Å². The second kappa shape index (κ2) is 16.4. The number of allylic oxidation sites excluding steroid dienone is 4. The minimum atomic E-state index is -4.77. The lowest BCUT2D eigenvalue weighted by Gasteiger charge is -2.16. The van der Waals surface area contributed by atoms with Crippen molar-refractivity contribution in [2.24, 2.45) is 13.0 Å². The van der Waals surface area contributed by atoms with Crippen molar-refractivity contribution in [3.8, 4) is 0 Å². The van der Waals surface area contributed by atoms with E-state index in [1.807, 2.05) is 40.7 Å². The lowest BCUT2D eigenvalue weighted by Crippen LogP contribution is -2.17. The lowest BCUT2D eigenvalue weighted by atomic mass is 9.93. The molecule has 1 atom stereocenters. The van der Waals surface area contributed by atoms with Crippen molar-refractivity contribution < 1.29 is 21.6 Å². The third-order valence-electron chi connectivity index (χ3n) is 5.86. The van der Waals surface area contributed by atoms with Crippen LogP contribution in [-0.2, 0) is 23.1 Å². The van der Waals surface area contributed by atoms with Gasteiger partial charge in [0.15, 0.2) is 0 Å². The molecule has 2 heterocycles. The Morgan fingerprint density at radius 3 is 2.17 bits per heavy atom. The van der Waals surface area contributed by atoms with E-state index in [-0.39, 0.29) is 16.7 Å². The summed E-state index contributed by atoms with van der Waals surface area (Å²) in [5.74, 6) is -0.238. The highest BCUT2D eigenvalue weighted by molar-refractivity contribution is 7.92. The van der Waals surface area contributed by atoms with Gasteiger partial charge < -0.3 is 10.6 Å². The quantitative estimate of drug-likeness (QED) is 0.269. The number of hydrogen-bond acceptors (Lipinski definition) is 7. The summed E-state index contributed by atoms with van der Waals surface area (Å²) in [7, 11) is -2.38. The molecule has 0 fully saturated rings. The van der Waals surface area contributed by atoms with Crippen molar-refractivity contribution in [1.82, 2.24) is 19.7 Å². The number of aryl methyl sites for hydroxylation is 1. The van der Waals surface area contributed by atoms with Gasteiger partial charge in [-0.15, -0.1) is 0 Å². The average Bonchev–Trinajstić information content (AvgIpc) is 3.25. The molecule has 2 aromatic rings. The second-order valence-electron chi connectivity index (χ2n) is 9.20. The van der Waals surface area contributed by atoms with E-state index in [9.17, 15) is 21.6 Å². The number of nitrogens with one attached hydrogen (secondary N) is 2. The van der Waals surface area contributed by atoms with Crippen LogP contribution in [0.1, 0.15) is 94.6 Å². The van der Waals surface area contributed by atoms with Gasteiger partial charge in [0.25, 0.3) is 0 Å². The molecule has 0 aliphatic rings. The van der Waals surface area contributed by atoms with Gasteiger partial charge >= 0.3 is 6.18 Å². The van der Waals surface area contributed by atoms with E-state index in [0.29, 0.717) is 17.8 Å². The standard InChI is InChI=1S/C24H35F3N6O2S.2C2H6/c1-9-10-15(4)18(7)16(5)11-17(6)29-23-28-12-19(24(25,26)27)21(31-23)30-20-13-33(8)32-22(20)36(34,35)14(2)3;2*1-2/h11-15H,9-10H2,1-8H3,(H2,28,29,30,31);2*1-2H3/b17-11+,18-16+;;. The molecule has 0 saturated heterocycles. The van der Waals surface area contributed by atoms with Crippen molar-refractivity contribution in [3.05, 3.63) is 40.9 Å². The summed E-state index contributed by atoms with van der Waals surface area (Å²) in [5.41, 5.74) is 1.68. The van der Waals surface area contributed by atoms with Crippen LogP contribution >= 0.6 is 0 Å². The zero-order valence-corrected chi connectivity index (χ0v) is 26.8. The summed E-state index contributed by atoms with van der Waals surface area (Å²) in [6.45, 7) is 21.0.